The van der Waals surface area contributed by atoms with Gasteiger partial charge in [0.05, 0.1) is 0 Å². The Morgan fingerprint density at radius 2 is 1.57 bits per heavy atom. The number of nitrogens with zero attached hydrogens (tertiary/aromatic N) is 3. The van der Waals surface area contributed by atoms with Crippen LogP contribution in [-0.4, -0.2) is 51.0 Å². The number of benzene rings is 2. The fourth-order valence-electron chi connectivity index (χ4n) is 7.44. The highest BCUT2D eigenvalue weighted by molar-refractivity contribution is 5.96. The summed E-state index contributed by atoms with van der Waals surface area (Å²) < 4.78 is 66.1. The number of carbonyl (C=O) groups is 2. The quantitative estimate of drug-likeness (QED) is 0.222. The number of aromatic nitrogens is 2. The molecule has 1 heterocycles. The minimum Gasteiger partial charge on any atom is -0.478 e. The van der Waals surface area contributed by atoms with Gasteiger partial charge in [0, 0.05) is 23.6 Å². The first-order valence-corrected chi connectivity index (χ1v) is 16.6. The second kappa shape index (κ2) is 11.8. The summed E-state index contributed by atoms with van der Waals surface area (Å²) in [5.41, 5.74) is 1.04. The number of rotatable bonds is 10. The molecule has 2 amide bonds. The molecule has 2 aromatic carbocycles. The highest BCUT2D eigenvalue weighted by Crippen LogP contribution is 2.58. The molecule has 264 valence electrons. The van der Waals surface area contributed by atoms with Crippen molar-refractivity contribution in [2.24, 2.45) is 17.1 Å². The van der Waals surface area contributed by atoms with Crippen molar-refractivity contribution in [3.63, 3.8) is 0 Å². The maximum Gasteiger partial charge on any atom is 0.417 e. The summed E-state index contributed by atoms with van der Waals surface area (Å²) in [7, 11) is 0. The molecule has 3 N–H and O–H groups in total. The largest absolute Gasteiger partial charge is 0.478 e. The average Bonchev–Trinajstić information content (AvgIpc) is 3.55. The highest BCUT2D eigenvalue weighted by Gasteiger charge is 2.63. The molecule has 4 aliphatic rings. The molecule has 7 rings (SSSR count). The van der Waals surface area contributed by atoms with Crippen molar-refractivity contribution < 1.29 is 41.5 Å². The molecule has 0 unspecified atom stereocenters. The van der Waals surface area contributed by atoms with Crippen molar-refractivity contribution >= 4 is 17.5 Å². The van der Waals surface area contributed by atoms with Gasteiger partial charge in [0.25, 0.3) is 11.8 Å². The normalized spacial score (nSPS) is 27.0. The van der Waals surface area contributed by atoms with Gasteiger partial charge in [0.2, 0.25) is 5.91 Å². The SMILES string of the molecule is CC(C)(Oc1ccc(-c2cccc(N(CC34CCC(c5noc(C(C)(C)F)n5)(CC3)CC4)C(=O)[C@H]3C[C@](O)(C(F)(F)F)C3)c2)cc1)C(N)=O. The van der Waals surface area contributed by atoms with Crippen LogP contribution < -0.4 is 15.4 Å². The number of ether oxygens (including phenoxy) is 1. The van der Waals surface area contributed by atoms with E-state index in [0.717, 1.165) is 30.4 Å². The van der Waals surface area contributed by atoms with Crippen LogP contribution in [0.25, 0.3) is 11.1 Å². The number of hydrogen-bond donors (Lipinski definition) is 2. The van der Waals surface area contributed by atoms with Gasteiger partial charge in [-0.25, -0.2) is 4.39 Å². The molecule has 49 heavy (non-hydrogen) atoms. The summed E-state index contributed by atoms with van der Waals surface area (Å²) in [6.45, 7) is 6.18. The lowest BCUT2D eigenvalue weighted by molar-refractivity contribution is -0.295. The maximum atomic E-state index is 14.5. The minimum atomic E-state index is -4.82. The third kappa shape index (κ3) is 6.53. The molecular formula is C36H42F4N4O5. The standard InChI is InChI=1S/C36H42F4N4O5/c1-31(2,37)30-42-29(43-49-30)34-15-12-33(13-16-34,14-17-34)21-44(27(45)24-19-35(47,20-24)36(38,39)40)25-7-5-6-23(18-25)22-8-10-26(11-9-22)48-32(3,4)28(41)46/h5-11,18,24,47H,12-17,19-21H2,1-4H3,(H2,41,46)/t24-,33?,34?,35+. The molecule has 0 atom stereocenters. The molecule has 0 aliphatic heterocycles. The van der Waals surface area contributed by atoms with Crippen molar-refractivity contribution in [1.29, 1.82) is 0 Å². The third-order valence-electron chi connectivity index (χ3n) is 10.9. The Kier molecular flexibility index (Phi) is 8.40. The first-order chi connectivity index (χ1) is 22.7. The van der Waals surface area contributed by atoms with Gasteiger partial charge in [0.15, 0.2) is 22.7 Å². The van der Waals surface area contributed by atoms with Crippen LogP contribution in [0.1, 0.15) is 90.8 Å². The van der Waals surface area contributed by atoms with Crippen molar-refractivity contribution in [3.8, 4) is 16.9 Å². The summed E-state index contributed by atoms with van der Waals surface area (Å²) in [6.07, 6.45) is -1.90. The van der Waals surface area contributed by atoms with Gasteiger partial charge in [-0.3, -0.25) is 9.59 Å². The Balaban J connectivity index is 1.25. The van der Waals surface area contributed by atoms with E-state index in [1.807, 2.05) is 12.1 Å². The lowest BCUT2D eigenvalue weighted by atomic mass is 9.53. The number of primary amides is 1. The number of amides is 2. The van der Waals surface area contributed by atoms with Crippen LogP contribution in [0.4, 0.5) is 23.2 Å². The molecule has 9 nitrogen and oxygen atoms in total. The second-order valence-corrected chi connectivity index (χ2v) is 15.3. The number of aliphatic hydroxyl groups is 1. The van der Waals surface area contributed by atoms with Crippen molar-refractivity contribution in [1.82, 2.24) is 10.1 Å². The number of halogens is 4. The summed E-state index contributed by atoms with van der Waals surface area (Å²) in [5.74, 6) is -1.17. The number of carbonyl (C=O) groups excluding carboxylic acids is 2. The molecule has 4 saturated carbocycles. The zero-order chi connectivity index (χ0) is 35.6. The fraction of sp³-hybridized carbons (Fsp3) is 0.556. The van der Waals surface area contributed by atoms with E-state index in [0.29, 0.717) is 43.1 Å². The zero-order valence-electron chi connectivity index (χ0n) is 28.1. The van der Waals surface area contributed by atoms with Crippen LogP contribution in [0, 0.1) is 11.3 Å². The minimum absolute atomic E-state index is 0.0630. The van der Waals surface area contributed by atoms with Gasteiger partial charge in [-0.15, -0.1) is 0 Å². The first kappa shape index (κ1) is 34.8. The molecule has 4 aliphatic carbocycles. The summed E-state index contributed by atoms with van der Waals surface area (Å²) >= 11 is 0. The van der Waals surface area contributed by atoms with Crippen LogP contribution in [-0.2, 0) is 20.7 Å². The van der Waals surface area contributed by atoms with Crippen LogP contribution in [0.5, 0.6) is 5.75 Å². The lowest BCUT2D eigenvalue weighted by Gasteiger charge is -2.54. The topological polar surface area (TPSA) is 132 Å². The summed E-state index contributed by atoms with van der Waals surface area (Å²) in [6, 6.07) is 14.3. The van der Waals surface area contributed by atoms with Crippen LogP contribution in [0.2, 0.25) is 0 Å². The van der Waals surface area contributed by atoms with Gasteiger partial charge < -0.3 is 25.0 Å². The molecule has 0 spiro atoms. The van der Waals surface area contributed by atoms with Crippen LogP contribution >= 0.6 is 0 Å². The Morgan fingerprint density at radius 1 is 0.959 bits per heavy atom. The molecule has 4 fully saturated rings. The van der Waals surface area contributed by atoms with Gasteiger partial charge in [-0.05, 0) is 120 Å². The Labute approximate surface area is 282 Å². The molecule has 0 radical (unpaired) electrons. The number of alkyl halides is 4. The smallest absolute Gasteiger partial charge is 0.417 e. The van der Waals surface area contributed by atoms with Crippen LogP contribution in [0.15, 0.2) is 53.1 Å². The van der Waals surface area contributed by atoms with E-state index < -0.39 is 53.6 Å². The number of fused-ring (bicyclic) bond motifs is 3. The van der Waals surface area contributed by atoms with Gasteiger partial charge in [-0.2, -0.15) is 18.2 Å². The molecule has 2 bridgehead atoms. The average molecular weight is 687 g/mol. The predicted molar refractivity (Wildman–Crippen MR) is 172 cm³/mol. The molecule has 13 heteroatoms. The number of anilines is 1. The van der Waals surface area contributed by atoms with Crippen molar-refractivity contribution in [2.75, 3.05) is 11.4 Å². The van der Waals surface area contributed by atoms with E-state index >= 15 is 0 Å². The van der Waals surface area contributed by atoms with Gasteiger partial charge in [-0.1, -0.05) is 29.4 Å². The number of nitrogens with two attached hydrogens (primary N) is 1. The monoisotopic (exact) mass is 686 g/mol. The van der Waals surface area contributed by atoms with Gasteiger partial charge in [0.1, 0.15) is 5.75 Å². The van der Waals surface area contributed by atoms with E-state index in [2.05, 4.69) is 10.1 Å². The molecular weight excluding hydrogens is 644 g/mol. The van der Waals surface area contributed by atoms with Crippen LogP contribution in [0.3, 0.4) is 0 Å². The van der Waals surface area contributed by atoms with Crippen molar-refractivity contribution in [2.45, 2.75) is 108 Å². The Hall–Kier alpha value is -4.00. The summed E-state index contributed by atoms with van der Waals surface area (Å²) in [4.78, 5) is 31.8. The predicted octanol–water partition coefficient (Wildman–Crippen LogP) is 6.91. The molecule has 1 aromatic heterocycles. The second-order valence-electron chi connectivity index (χ2n) is 15.3. The van der Waals surface area contributed by atoms with E-state index in [9.17, 15) is 32.3 Å². The van der Waals surface area contributed by atoms with Crippen molar-refractivity contribution in [3.05, 3.63) is 60.2 Å². The maximum absolute atomic E-state index is 14.5. The van der Waals surface area contributed by atoms with Gasteiger partial charge >= 0.3 is 6.18 Å². The molecule has 3 aromatic rings. The zero-order valence-corrected chi connectivity index (χ0v) is 28.1. The highest BCUT2D eigenvalue weighted by atomic mass is 19.4. The first-order valence-electron chi connectivity index (χ1n) is 16.6. The number of hydrogen-bond acceptors (Lipinski definition) is 7. The fourth-order valence-corrected chi connectivity index (χ4v) is 7.44. The lowest BCUT2D eigenvalue weighted by Crippen LogP contribution is -2.60. The van der Waals surface area contributed by atoms with E-state index in [-0.39, 0.29) is 16.7 Å². The van der Waals surface area contributed by atoms with E-state index in [4.69, 9.17) is 15.0 Å². The Morgan fingerprint density at radius 3 is 2.10 bits per heavy atom. The third-order valence-corrected chi connectivity index (χ3v) is 10.9. The molecule has 0 saturated heterocycles. The van der Waals surface area contributed by atoms with E-state index in [1.54, 1.807) is 55.1 Å². The van der Waals surface area contributed by atoms with E-state index in [1.165, 1.54) is 13.8 Å². The Bertz CT molecular complexity index is 1700. The summed E-state index contributed by atoms with van der Waals surface area (Å²) in [5, 5.41) is 14.3.